The van der Waals surface area contributed by atoms with Crippen LogP contribution in [0.2, 0.25) is 0 Å². The Kier molecular flexibility index (Phi) is 4.55. The molecule has 0 radical (unpaired) electrons. The molecule has 0 fully saturated rings. The predicted molar refractivity (Wildman–Crippen MR) is 79.6 cm³/mol. The van der Waals surface area contributed by atoms with Gasteiger partial charge in [0.2, 0.25) is 0 Å². The lowest BCUT2D eigenvalue weighted by atomic mass is 10.0. The first-order valence-corrected chi connectivity index (χ1v) is 7.04. The summed E-state index contributed by atoms with van der Waals surface area (Å²) in [6.45, 7) is 4.05. The first-order chi connectivity index (χ1) is 9.47. The van der Waals surface area contributed by atoms with Crippen molar-refractivity contribution in [3.63, 3.8) is 0 Å². The van der Waals surface area contributed by atoms with Gasteiger partial charge in [-0.05, 0) is 53.9 Å². The maximum Gasteiger partial charge on any atom is 0.343 e. The molecule has 0 spiro atoms. The molecule has 0 unspecified atom stereocenters. The summed E-state index contributed by atoms with van der Waals surface area (Å²) in [4.78, 5) is 12.0. The van der Waals surface area contributed by atoms with E-state index in [0.29, 0.717) is 11.3 Å². The van der Waals surface area contributed by atoms with Gasteiger partial charge in [-0.2, -0.15) is 0 Å². The molecule has 0 aliphatic heterocycles. The van der Waals surface area contributed by atoms with Gasteiger partial charge >= 0.3 is 5.97 Å². The van der Waals surface area contributed by atoms with Crippen molar-refractivity contribution >= 4 is 21.9 Å². The van der Waals surface area contributed by atoms with Gasteiger partial charge in [0.05, 0.1) is 5.56 Å². The Morgan fingerprint density at radius 1 is 1.15 bits per heavy atom. The Labute approximate surface area is 125 Å². The van der Waals surface area contributed by atoms with E-state index in [2.05, 4.69) is 15.9 Å². The molecule has 0 N–H and O–H groups in total. The topological polar surface area (TPSA) is 26.3 Å². The molecule has 0 heterocycles. The van der Waals surface area contributed by atoms with Gasteiger partial charge in [0.1, 0.15) is 11.6 Å². The molecular weight excluding hydrogens is 323 g/mol. The largest absolute Gasteiger partial charge is 0.423 e. The molecule has 2 aromatic carbocycles. The van der Waals surface area contributed by atoms with Crippen LogP contribution in [0.25, 0.3) is 0 Å². The molecular formula is C16H14BrFO2. The normalized spacial score (nSPS) is 10.7. The van der Waals surface area contributed by atoms with Gasteiger partial charge in [-0.25, -0.2) is 9.18 Å². The van der Waals surface area contributed by atoms with E-state index in [1.807, 2.05) is 26.0 Å². The number of carbonyl (C=O) groups is 1. The van der Waals surface area contributed by atoms with E-state index in [4.69, 9.17) is 4.74 Å². The third kappa shape index (κ3) is 3.45. The van der Waals surface area contributed by atoms with E-state index in [1.165, 1.54) is 24.3 Å². The molecule has 0 aromatic heterocycles. The number of hydrogen-bond donors (Lipinski definition) is 0. The van der Waals surface area contributed by atoms with Crippen molar-refractivity contribution in [2.75, 3.05) is 0 Å². The van der Waals surface area contributed by atoms with Gasteiger partial charge in [-0.15, -0.1) is 0 Å². The van der Waals surface area contributed by atoms with Crippen LogP contribution in [0.4, 0.5) is 4.39 Å². The fourth-order valence-electron chi connectivity index (χ4n) is 1.81. The van der Waals surface area contributed by atoms with E-state index < -0.39 is 5.97 Å². The molecule has 0 saturated heterocycles. The third-order valence-corrected chi connectivity index (χ3v) is 3.37. The van der Waals surface area contributed by atoms with E-state index in [9.17, 15) is 9.18 Å². The quantitative estimate of drug-likeness (QED) is 0.586. The zero-order chi connectivity index (χ0) is 14.7. The lowest BCUT2D eigenvalue weighted by Crippen LogP contribution is -2.10. The zero-order valence-corrected chi connectivity index (χ0v) is 12.8. The zero-order valence-electron chi connectivity index (χ0n) is 11.2. The number of benzene rings is 2. The Bertz CT molecular complexity index is 621. The number of rotatable bonds is 3. The summed E-state index contributed by atoms with van der Waals surface area (Å²) in [6.07, 6.45) is 0. The van der Waals surface area contributed by atoms with Crippen molar-refractivity contribution in [1.29, 1.82) is 0 Å². The molecule has 2 aromatic rings. The highest BCUT2D eigenvalue weighted by Crippen LogP contribution is 2.30. The second-order valence-electron chi connectivity index (χ2n) is 4.73. The van der Waals surface area contributed by atoms with Crippen LogP contribution in [0.5, 0.6) is 5.75 Å². The highest BCUT2D eigenvalue weighted by atomic mass is 79.9. The average molecular weight is 337 g/mol. The Balaban J connectivity index is 2.25. The molecule has 0 bridgehead atoms. The number of halogens is 2. The van der Waals surface area contributed by atoms with Crippen LogP contribution < -0.4 is 4.74 Å². The van der Waals surface area contributed by atoms with Crippen LogP contribution in [0, 0.1) is 5.82 Å². The maximum absolute atomic E-state index is 12.8. The van der Waals surface area contributed by atoms with Crippen molar-refractivity contribution in [3.05, 3.63) is 63.9 Å². The minimum absolute atomic E-state index is 0.225. The summed E-state index contributed by atoms with van der Waals surface area (Å²) < 4.78 is 19.2. The van der Waals surface area contributed by atoms with Gasteiger partial charge in [-0.1, -0.05) is 29.8 Å². The molecule has 0 aliphatic carbocycles. The van der Waals surface area contributed by atoms with Crippen LogP contribution in [0.3, 0.4) is 0 Å². The van der Waals surface area contributed by atoms with Crippen molar-refractivity contribution < 1.29 is 13.9 Å². The maximum atomic E-state index is 12.8. The van der Waals surface area contributed by atoms with E-state index >= 15 is 0 Å². The summed E-state index contributed by atoms with van der Waals surface area (Å²) >= 11 is 3.40. The number of carbonyl (C=O) groups excluding carboxylic acids is 1. The molecule has 0 aliphatic rings. The number of ether oxygens (including phenoxy) is 1. The fraction of sp³-hybridized carbons (Fsp3) is 0.188. The minimum Gasteiger partial charge on any atom is -0.423 e. The Morgan fingerprint density at radius 3 is 2.40 bits per heavy atom. The molecule has 0 amide bonds. The average Bonchev–Trinajstić information content (AvgIpc) is 2.41. The fourth-order valence-corrected chi connectivity index (χ4v) is 2.19. The smallest absolute Gasteiger partial charge is 0.343 e. The van der Waals surface area contributed by atoms with Crippen LogP contribution in [-0.2, 0) is 0 Å². The molecule has 2 rings (SSSR count). The molecule has 4 heteroatoms. The van der Waals surface area contributed by atoms with Crippen molar-refractivity contribution in [2.24, 2.45) is 0 Å². The second kappa shape index (κ2) is 6.18. The van der Waals surface area contributed by atoms with Crippen LogP contribution in [0.15, 0.2) is 46.9 Å². The van der Waals surface area contributed by atoms with Gasteiger partial charge < -0.3 is 4.74 Å². The molecule has 0 atom stereocenters. The van der Waals surface area contributed by atoms with Crippen molar-refractivity contribution in [2.45, 2.75) is 19.8 Å². The van der Waals surface area contributed by atoms with Crippen molar-refractivity contribution in [3.8, 4) is 5.75 Å². The third-order valence-electron chi connectivity index (χ3n) is 2.88. The standard InChI is InChI=1S/C16H14BrFO2/c1-10(2)14-9-12(17)5-8-15(14)20-16(19)11-3-6-13(18)7-4-11/h3-10H,1-2H3. The first kappa shape index (κ1) is 14.7. The van der Waals surface area contributed by atoms with Crippen LogP contribution in [-0.4, -0.2) is 5.97 Å². The second-order valence-corrected chi connectivity index (χ2v) is 5.65. The molecule has 20 heavy (non-hydrogen) atoms. The van der Waals surface area contributed by atoms with Crippen molar-refractivity contribution in [1.82, 2.24) is 0 Å². The predicted octanol–water partition coefficient (Wildman–Crippen LogP) is 4.93. The lowest BCUT2D eigenvalue weighted by molar-refractivity contribution is 0.0733. The lowest BCUT2D eigenvalue weighted by Gasteiger charge is -2.13. The summed E-state index contributed by atoms with van der Waals surface area (Å²) in [5.74, 6) is -0.122. The SMILES string of the molecule is CC(C)c1cc(Br)ccc1OC(=O)c1ccc(F)cc1. The Hall–Kier alpha value is -1.68. The Morgan fingerprint density at radius 2 is 1.80 bits per heavy atom. The highest BCUT2D eigenvalue weighted by molar-refractivity contribution is 9.10. The monoisotopic (exact) mass is 336 g/mol. The summed E-state index contributed by atoms with van der Waals surface area (Å²) in [6, 6.07) is 10.8. The van der Waals surface area contributed by atoms with Gasteiger partial charge in [0.15, 0.2) is 0 Å². The van der Waals surface area contributed by atoms with E-state index in [1.54, 1.807) is 6.07 Å². The van der Waals surface area contributed by atoms with Crippen LogP contribution in [0.1, 0.15) is 35.7 Å². The van der Waals surface area contributed by atoms with E-state index in [0.717, 1.165) is 10.0 Å². The molecule has 2 nitrogen and oxygen atoms in total. The number of hydrogen-bond acceptors (Lipinski definition) is 2. The summed E-state index contributed by atoms with van der Waals surface area (Å²) in [5.41, 5.74) is 1.26. The van der Waals surface area contributed by atoms with Gasteiger partial charge in [-0.3, -0.25) is 0 Å². The highest BCUT2D eigenvalue weighted by Gasteiger charge is 2.14. The summed E-state index contributed by atoms with van der Waals surface area (Å²) in [5, 5.41) is 0. The van der Waals surface area contributed by atoms with Crippen LogP contribution >= 0.6 is 15.9 Å². The molecule has 104 valence electrons. The minimum atomic E-state index is -0.491. The van der Waals surface area contributed by atoms with Gasteiger partial charge in [0, 0.05) is 4.47 Å². The van der Waals surface area contributed by atoms with Gasteiger partial charge in [0.25, 0.3) is 0 Å². The van der Waals surface area contributed by atoms with E-state index in [-0.39, 0.29) is 11.7 Å². The first-order valence-electron chi connectivity index (χ1n) is 6.24. The number of esters is 1. The summed E-state index contributed by atoms with van der Waals surface area (Å²) in [7, 11) is 0. The molecule has 0 saturated carbocycles.